The van der Waals surface area contributed by atoms with Gasteiger partial charge in [0.2, 0.25) is 0 Å². The zero-order valence-corrected chi connectivity index (χ0v) is 16.7. The van der Waals surface area contributed by atoms with Crippen LogP contribution in [-0.2, 0) is 0 Å². The third-order valence-electron chi connectivity index (χ3n) is 4.99. The summed E-state index contributed by atoms with van der Waals surface area (Å²) in [5.74, 6) is 0.829. The van der Waals surface area contributed by atoms with Gasteiger partial charge in [-0.25, -0.2) is 14.8 Å². The van der Waals surface area contributed by atoms with E-state index in [9.17, 15) is 9.59 Å². The number of fused-ring (bicyclic) bond motifs is 1. The van der Waals surface area contributed by atoms with Gasteiger partial charge < -0.3 is 15.1 Å². The smallest absolute Gasteiger partial charge is 0.321 e. The predicted molar refractivity (Wildman–Crippen MR) is 114 cm³/mol. The Morgan fingerprint density at radius 3 is 2.41 bits per heavy atom. The fourth-order valence-electron chi connectivity index (χ4n) is 3.38. The summed E-state index contributed by atoms with van der Waals surface area (Å²) in [6, 6.07) is 12.3. The van der Waals surface area contributed by atoms with Gasteiger partial charge in [-0.05, 0) is 49.4 Å². The number of nitrogens with zero attached hydrogens (tertiary/aromatic N) is 4. The SMILES string of the molecule is CC(=O)c1ccc(NC(=O)N2CCN(c3ncnc4ccc(Cl)cc34)CC2)cc1. The van der Waals surface area contributed by atoms with E-state index in [1.54, 1.807) is 35.5 Å². The lowest BCUT2D eigenvalue weighted by molar-refractivity contribution is 0.101. The average molecular weight is 410 g/mol. The monoisotopic (exact) mass is 409 g/mol. The number of rotatable bonds is 3. The number of Topliss-reactive ketones (excluding diaryl/α,β-unsaturated/α-hetero) is 1. The van der Waals surface area contributed by atoms with Gasteiger partial charge in [0.05, 0.1) is 5.52 Å². The first-order chi connectivity index (χ1) is 14.0. The number of piperazine rings is 1. The lowest BCUT2D eigenvalue weighted by Crippen LogP contribution is -2.50. The summed E-state index contributed by atoms with van der Waals surface area (Å²) in [5.41, 5.74) is 2.13. The van der Waals surface area contributed by atoms with Crippen LogP contribution in [0.2, 0.25) is 5.02 Å². The molecule has 1 saturated heterocycles. The van der Waals surface area contributed by atoms with E-state index in [0.29, 0.717) is 42.5 Å². The fraction of sp³-hybridized carbons (Fsp3) is 0.238. The first-order valence-electron chi connectivity index (χ1n) is 9.33. The maximum Gasteiger partial charge on any atom is 0.321 e. The quantitative estimate of drug-likeness (QED) is 0.665. The van der Waals surface area contributed by atoms with Crippen molar-refractivity contribution in [2.24, 2.45) is 0 Å². The summed E-state index contributed by atoms with van der Waals surface area (Å²) in [6.45, 7) is 3.99. The summed E-state index contributed by atoms with van der Waals surface area (Å²) in [6.07, 6.45) is 1.55. The molecule has 2 aromatic carbocycles. The van der Waals surface area contributed by atoms with Crippen molar-refractivity contribution in [3.63, 3.8) is 0 Å². The van der Waals surface area contributed by atoms with E-state index in [1.807, 2.05) is 18.2 Å². The number of aromatic nitrogens is 2. The Morgan fingerprint density at radius 1 is 1.00 bits per heavy atom. The van der Waals surface area contributed by atoms with Crippen molar-refractivity contribution in [1.29, 1.82) is 0 Å². The Kier molecular flexibility index (Phi) is 5.31. The van der Waals surface area contributed by atoms with Gasteiger partial charge in [0.15, 0.2) is 5.78 Å². The van der Waals surface area contributed by atoms with Crippen molar-refractivity contribution in [2.75, 3.05) is 36.4 Å². The van der Waals surface area contributed by atoms with Gasteiger partial charge in [0.1, 0.15) is 12.1 Å². The molecule has 0 spiro atoms. The number of halogens is 1. The number of anilines is 2. The highest BCUT2D eigenvalue weighted by Crippen LogP contribution is 2.26. The molecule has 4 rings (SSSR count). The minimum atomic E-state index is -0.157. The van der Waals surface area contributed by atoms with Gasteiger partial charge in [-0.1, -0.05) is 11.6 Å². The molecule has 0 atom stereocenters. The van der Waals surface area contributed by atoms with Crippen LogP contribution in [0.1, 0.15) is 17.3 Å². The van der Waals surface area contributed by atoms with Crippen molar-refractivity contribution in [2.45, 2.75) is 6.92 Å². The van der Waals surface area contributed by atoms with Crippen LogP contribution in [0.15, 0.2) is 48.8 Å². The molecule has 0 bridgehead atoms. The second-order valence-corrected chi connectivity index (χ2v) is 7.33. The van der Waals surface area contributed by atoms with Crippen LogP contribution in [0.25, 0.3) is 10.9 Å². The predicted octanol–water partition coefficient (Wildman–Crippen LogP) is 3.84. The van der Waals surface area contributed by atoms with Crippen molar-refractivity contribution < 1.29 is 9.59 Å². The molecule has 1 aliphatic heterocycles. The van der Waals surface area contributed by atoms with Crippen LogP contribution in [0.3, 0.4) is 0 Å². The van der Waals surface area contributed by atoms with Crippen LogP contribution in [0.5, 0.6) is 0 Å². The number of benzene rings is 2. The number of nitrogens with one attached hydrogen (secondary N) is 1. The number of carbonyl (C=O) groups excluding carboxylic acids is 2. The first-order valence-corrected chi connectivity index (χ1v) is 9.71. The molecule has 2 heterocycles. The van der Waals surface area contributed by atoms with Crippen molar-refractivity contribution in [3.8, 4) is 0 Å². The molecule has 3 aromatic rings. The van der Waals surface area contributed by atoms with Crippen molar-refractivity contribution >= 4 is 45.8 Å². The Balaban J connectivity index is 1.41. The molecular formula is C21H20ClN5O2. The molecule has 29 heavy (non-hydrogen) atoms. The van der Waals surface area contributed by atoms with E-state index in [-0.39, 0.29) is 11.8 Å². The molecule has 0 radical (unpaired) electrons. The largest absolute Gasteiger partial charge is 0.352 e. The van der Waals surface area contributed by atoms with Gasteiger partial charge in [-0.2, -0.15) is 0 Å². The topological polar surface area (TPSA) is 78.4 Å². The maximum atomic E-state index is 12.6. The summed E-state index contributed by atoms with van der Waals surface area (Å²) in [5, 5.41) is 4.43. The van der Waals surface area contributed by atoms with Crippen molar-refractivity contribution in [3.05, 3.63) is 59.4 Å². The standard InChI is InChI=1S/C21H20ClN5O2/c1-14(28)15-2-5-17(6-3-15)25-21(29)27-10-8-26(9-11-27)20-18-12-16(22)4-7-19(18)23-13-24-20/h2-7,12-13H,8-11H2,1H3,(H,25,29). The highest BCUT2D eigenvalue weighted by Gasteiger charge is 2.23. The Bertz CT molecular complexity index is 1060. The first kappa shape index (κ1) is 19.1. The molecule has 148 valence electrons. The molecule has 2 amide bonds. The highest BCUT2D eigenvalue weighted by molar-refractivity contribution is 6.31. The number of hydrogen-bond donors (Lipinski definition) is 1. The van der Waals surface area contributed by atoms with Gasteiger partial charge >= 0.3 is 6.03 Å². The van der Waals surface area contributed by atoms with E-state index < -0.39 is 0 Å². The molecule has 7 nitrogen and oxygen atoms in total. The third kappa shape index (κ3) is 4.14. The van der Waals surface area contributed by atoms with Gasteiger partial charge in [0.25, 0.3) is 0 Å². The molecule has 1 N–H and O–H groups in total. The zero-order chi connectivity index (χ0) is 20.4. The summed E-state index contributed by atoms with van der Waals surface area (Å²) in [4.78, 5) is 36.6. The molecule has 1 fully saturated rings. The molecule has 0 unspecified atom stereocenters. The van der Waals surface area contributed by atoms with Crippen LogP contribution in [0.4, 0.5) is 16.3 Å². The number of urea groups is 1. The Labute approximate surface area is 173 Å². The molecule has 0 saturated carbocycles. The molecule has 1 aromatic heterocycles. The highest BCUT2D eigenvalue weighted by atomic mass is 35.5. The molecule has 0 aliphatic carbocycles. The number of amides is 2. The van der Waals surface area contributed by atoms with E-state index in [4.69, 9.17) is 11.6 Å². The number of carbonyl (C=O) groups is 2. The number of hydrogen-bond acceptors (Lipinski definition) is 5. The average Bonchev–Trinajstić information content (AvgIpc) is 2.74. The van der Waals surface area contributed by atoms with Crippen LogP contribution < -0.4 is 10.2 Å². The van der Waals surface area contributed by atoms with E-state index in [0.717, 1.165) is 16.7 Å². The minimum Gasteiger partial charge on any atom is -0.352 e. The van der Waals surface area contributed by atoms with Crippen LogP contribution in [-0.4, -0.2) is 52.9 Å². The molecule has 8 heteroatoms. The number of ketones is 1. The van der Waals surface area contributed by atoms with Gasteiger partial charge in [0, 0.05) is 47.8 Å². The van der Waals surface area contributed by atoms with E-state index in [1.165, 1.54) is 6.92 Å². The van der Waals surface area contributed by atoms with E-state index >= 15 is 0 Å². The lowest BCUT2D eigenvalue weighted by atomic mass is 10.1. The second kappa shape index (κ2) is 8.05. The van der Waals surface area contributed by atoms with Gasteiger partial charge in [-0.15, -0.1) is 0 Å². The Morgan fingerprint density at radius 2 is 1.72 bits per heavy atom. The Hall–Kier alpha value is -3.19. The fourth-order valence-corrected chi connectivity index (χ4v) is 3.55. The minimum absolute atomic E-state index is 0.00229. The third-order valence-corrected chi connectivity index (χ3v) is 5.22. The van der Waals surface area contributed by atoms with Crippen LogP contribution in [0, 0.1) is 0 Å². The van der Waals surface area contributed by atoms with Gasteiger partial charge in [-0.3, -0.25) is 4.79 Å². The van der Waals surface area contributed by atoms with Crippen molar-refractivity contribution in [1.82, 2.24) is 14.9 Å². The lowest BCUT2D eigenvalue weighted by Gasteiger charge is -2.35. The van der Waals surface area contributed by atoms with E-state index in [2.05, 4.69) is 20.2 Å². The van der Waals surface area contributed by atoms with Crippen LogP contribution >= 0.6 is 11.6 Å². The summed E-state index contributed by atoms with van der Waals surface area (Å²) >= 11 is 6.14. The molecular weight excluding hydrogens is 390 g/mol. The summed E-state index contributed by atoms with van der Waals surface area (Å²) < 4.78 is 0. The molecule has 1 aliphatic rings. The maximum absolute atomic E-state index is 12.6. The summed E-state index contributed by atoms with van der Waals surface area (Å²) in [7, 11) is 0. The second-order valence-electron chi connectivity index (χ2n) is 6.90. The normalized spacial score (nSPS) is 14.1. The zero-order valence-electron chi connectivity index (χ0n) is 15.9.